The molecule has 4 heteroatoms. The van der Waals surface area contributed by atoms with Gasteiger partial charge in [-0.3, -0.25) is 4.79 Å². The van der Waals surface area contributed by atoms with Crippen molar-refractivity contribution in [2.45, 2.75) is 13.2 Å². The summed E-state index contributed by atoms with van der Waals surface area (Å²) in [5, 5.41) is 11.9. The molecular formula is C10H13NO3. The Labute approximate surface area is 82.5 Å². The molecule has 0 spiro atoms. The van der Waals surface area contributed by atoms with Gasteiger partial charge in [-0.2, -0.15) is 0 Å². The summed E-state index contributed by atoms with van der Waals surface area (Å²) in [5.41, 5.74) is 0.665. The van der Waals surface area contributed by atoms with Crippen molar-refractivity contribution < 1.29 is 14.6 Å². The molecule has 1 aromatic rings. The maximum atomic E-state index is 10.5. The Morgan fingerprint density at radius 2 is 2.14 bits per heavy atom. The zero-order chi connectivity index (χ0) is 10.4. The molecule has 0 bridgehead atoms. The van der Waals surface area contributed by atoms with Crippen LogP contribution < -0.4 is 5.32 Å². The highest BCUT2D eigenvalue weighted by molar-refractivity contribution is 5.72. The lowest BCUT2D eigenvalue weighted by atomic mass is 10.2. The van der Waals surface area contributed by atoms with Crippen molar-refractivity contribution in [2.24, 2.45) is 0 Å². The number of benzene rings is 1. The van der Waals surface area contributed by atoms with Crippen LogP contribution in [0.5, 0.6) is 0 Å². The topological polar surface area (TPSA) is 58.6 Å². The molecule has 0 aromatic heterocycles. The van der Waals surface area contributed by atoms with E-state index < -0.39 is 6.29 Å². The summed E-state index contributed by atoms with van der Waals surface area (Å²) in [7, 11) is 0. The van der Waals surface area contributed by atoms with Gasteiger partial charge in [0.1, 0.15) is 6.73 Å². The average Bonchev–Trinajstić information content (AvgIpc) is 2.18. The third-order valence-electron chi connectivity index (χ3n) is 1.65. The molecule has 0 aliphatic carbocycles. The molecule has 2 N–H and O–H groups in total. The SMILES string of the molecule is CC(=O)NCOC(O)c1ccccc1. The van der Waals surface area contributed by atoms with E-state index in [0.717, 1.165) is 0 Å². The fourth-order valence-corrected chi connectivity index (χ4v) is 0.936. The Kier molecular flexibility index (Phi) is 4.10. The fraction of sp³-hybridized carbons (Fsp3) is 0.300. The molecule has 0 radical (unpaired) electrons. The fourth-order valence-electron chi connectivity index (χ4n) is 0.936. The van der Waals surface area contributed by atoms with Gasteiger partial charge in [0.2, 0.25) is 5.91 Å². The van der Waals surface area contributed by atoms with Gasteiger partial charge in [0, 0.05) is 12.5 Å². The van der Waals surface area contributed by atoms with Gasteiger partial charge in [0.05, 0.1) is 0 Å². The molecule has 76 valence electrons. The minimum atomic E-state index is -0.997. The highest BCUT2D eigenvalue weighted by atomic mass is 16.6. The molecule has 0 fully saturated rings. The number of carbonyl (C=O) groups excluding carboxylic acids is 1. The lowest BCUT2D eigenvalue weighted by Crippen LogP contribution is -2.24. The van der Waals surface area contributed by atoms with Gasteiger partial charge in [0.15, 0.2) is 6.29 Å². The molecule has 0 heterocycles. The third kappa shape index (κ3) is 3.55. The van der Waals surface area contributed by atoms with Crippen LogP contribution in [0, 0.1) is 0 Å². The van der Waals surface area contributed by atoms with Gasteiger partial charge >= 0.3 is 0 Å². The number of nitrogens with one attached hydrogen (secondary N) is 1. The Morgan fingerprint density at radius 3 is 2.71 bits per heavy atom. The van der Waals surface area contributed by atoms with Crippen molar-refractivity contribution in [2.75, 3.05) is 6.73 Å². The Bertz CT molecular complexity index is 287. The maximum absolute atomic E-state index is 10.5. The van der Waals surface area contributed by atoms with Crippen LogP contribution in [0.2, 0.25) is 0 Å². The van der Waals surface area contributed by atoms with Gasteiger partial charge in [-0.05, 0) is 0 Å². The van der Waals surface area contributed by atoms with E-state index in [1.165, 1.54) is 6.92 Å². The number of aliphatic hydroxyl groups is 1. The quantitative estimate of drug-likeness (QED) is 0.698. The predicted molar refractivity (Wildman–Crippen MR) is 51.2 cm³/mol. The van der Waals surface area contributed by atoms with Crippen LogP contribution in [-0.2, 0) is 9.53 Å². The molecule has 0 aliphatic rings. The van der Waals surface area contributed by atoms with Crippen LogP contribution in [0.1, 0.15) is 18.8 Å². The number of amides is 1. The van der Waals surface area contributed by atoms with Crippen LogP contribution >= 0.6 is 0 Å². The normalized spacial score (nSPS) is 12.1. The van der Waals surface area contributed by atoms with Crippen molar-refractivity contribution in [3.05, 3.63) is 35.9 Å². The molecule has 1 aromatic carbocycles. The summed E-state index contributed by atoms with van der Waals surface area (Å²) in [5.74, 6) is -0.190. The second kappa shape index (κ2) is 5.36. The zero-order valence-corrected chi connectivity index (χ0v) is 7.93. The van der Waals surface area contributed by atoms with Gasteiger partial charge in [-0.15, -0.1) is 0 Å². The Balaban J connectivity index is 2.36. The lowest BCUT2D eigenvalue weighted by Gasteiger charge is -2.11. The van der Waals surface area contributed by atoms with E-state index in [9.17, 15) is 9.90 Å². The minimum absolute atomic E-state index is 0.00535. The summed E-state index contributed by atoms with van der Waals surface area (Å²) in [4.78, 5) is 10.5. The smallest absolute Gasteiger partial charge is 0.218 e. The maximum Gasteiger partial charge on any atom is 0.218 e. The van der Waals surface area contributed by atoms with E-state index in [2.05, 4.69) is 5.32 Å². The molecular weight excluding hydrogens is 182 g/mol. The number of hydrogen-bond donors (Lipinski definition) is 2. The second-order valence-electron chi connectivity index (χ2n) is 2.81. The van der Waals surface area contributed by atoms with Gasteiger partial charge in [0.25, 0.3) is 0 Å². The number of aliphatic hydroxyl groups excluding tert-OH is 1. The van der Waals surface area contributed by atoms with Crippen molar-refractivity contribution >= 4 is 5.91 Å². The van der Waals surface area contributed by atoms with E-state index in [4.69, 9.17) is 4.74 Å². The van der Waals surface area contributed by atoms with Crippen LogP contribution in [0.3, 0.4) is 0 Å². The molecule has 1 amide bonds. The lowest BCUT2D eigenvalue weighted by molar-refractivity contribution is -0.130. The van der Waals surface area contributed by atoms with E-state index >= 15 is 0 Å². The largest absolute Gasteiger partial charge is 0.364 e. The van der Waals surface area contributed by atoms with Crippen LogP contribution in [-0.4, -0.2) is 17.7 Å². The molecule has 0 saturated carbocycles. The summed E-state index contributed by atoms with van der Waals surface area (Å²) >= 11 is 0. The molecule has 1 atom stereocenters. The third-order valence-corrected chi connectivity index (χ3v) is 1.65. The number of carbonyl (C=O) groups is 1. The number of ether oxygens (including phenoxy) is 1. The average molecular weight is 195 g/mol. The summed E-state index contributed by atoms with van der Waals surface area (Å²) in [6.07, 6.45) is -0.997. The van der Waals surface area contributed by atoms with E-state index in [1.807, 2.05) is 6.07 Å². The minimum Gasteiger partial charge on any atom is -0.364 e. The van der Waals surface area contributed by atoms with E-state index in [0.29, 0.717) is 5.56 Å². The first-order valence-corrected chi connectivity index (χ1v) is 4.29. The standard InChI is InChI=1S/C10H13NO3/c1-8(12)11-7-14-10(13)9-5-3-2-4-6-9/h2-6,10,13H,7H2,1H3,(H,11,12). The van der Waals surface area contributed by atoms with Crippen LogP contribution in [0.15, 0.2) is 30.3 Å². The van der Waals surface area contributed by atoms with E-state index in [1.54, 1.807) is 24.3 Å². The molecule has 1 rings (SSSR count). The Hall–Kier alpha value is -1.39. The highest BCUT2D eigenvalue weighted by Crippen LogP contribution is 2.12. The van der Waals surface area contributed by atoms with Crippen LogP contribution in [0.4, 0.5) is 0 Å². The molecule has 4 nitrogen and oxygen atoms in total. The highest BCUT2D eigenvalue weighted by Gasteiger charge is 2.05. The molecule has 0 saturated heterocycles. The van der Waals surface area contributed by atoms with Gasteiger partial charge in [-0.25, -0.2) is 0 Å². The summed E-state index contributed by atoms with van der Waals surface area (Å²) in [6.45, 7) is 1.39. The zero-order valence-electron chi connectivity index (χ0n) is 7.93. The number of rotatable bonds is 4. The number of hydrogen-bond acceptors (Lipinski definition) is 3. The van der Waals surface area contributed by atoms with Crippen molar-refractivity contribution in [3.63, 3.8) is 0 Å². The van der Waals surface area contributed by atoms with Crippen molar-refractivity contribution in [1.82, 2.24) is 5.32 Å². The molecule has 14 heavy (non-hydrogen) atoms. The van der Waals surface area contributed by atoms with Gasteiger partial charge < -0.3 is 15.2 Å². The monoisotopic (exact) mass is 195 g/mol. The summed E-state index contributed by atoms with van der Waals surface area (Å²) in [6, 6.07) is 8.96. The van der Waals surface area contributed by atoms with Crippen molar-refractivity contribution in [1.29, 1.82) is 0 Å². The first kappa shape index (κ1) is 10.7. The van der Waals surface area contributed by atoms with E-state index in [-0.39, 0.29) is 12.6 Å². The first-order valence-electron chi connectivity index (χ1n) is 4.29. The van der Waals surface area contributed by atoms with Gasteiger partial charge in [-0.1, -0.05) is 30.3 Å². The molecule has 0 aliphatic heterocycles. The first-order chi connectivity index (χ1) is 6.70. The Morgan fingerprint density at radius 1 is 1.50 bits per heavy atom. The molecule has 1 unspecified atom stereocenters. The van der Waals surface area contributed by atoms with Crippen molar-refractivity contribution in [3.8, 4) is 0 Å². The second-order valence-corrected chi connectivity index (χ2v) is 2.81. The predicted octanol–water partition coefficient (Wildman–Crippen LogP) is 0.788. The summed E-state index contributed by atoms with van der Waals surface area (Å²) < 4.78 is 4.96. The van der Waals surface area contributed by atoms with Crippen LogP contribution in [0.25, 0.3) is 0 Å².